The molecule has 1 aliphatic heterocycles. The first kappa shape index (κ1) is 19.8. The predicted molar refractivity (Wildman–Crippen MR) is 106 cm³/mol. The van der Waals surface area contributed by atoms with Crippen molar-refractivity contribution in [2.45, 2.75) is 6.42 Å². The fourth-order valence-electron chi connectivity index (χ4n) is 2.65. The first-order valence-electron chi connectivity index (χ1n) is 8.72. The molecule has 2 heterocycles. The van der Waals surface area contributed by atoms with Crippen molar-refractivity contribution in [3.8, 4) is 0 Å². The van der Waals surface area contributed by atoms with E-state index >= 15 is 0 Å². The number of carbonyl (C=O) groups excluding carboxylic acids is 2. The first-order chi connectivity index (χ1) is 13.1. The molecule has 3 rings (SSSR count). The molecule has 0 aliphatic carbocycles. The highest BCUT2D eigenvalue weighted by Crippen LogP contribution is 2.18. The van der Waals surface area contributed by atoms with E-state index in [4.69, 9.17) is 16.3 Å². The summed E-state index contributed by atoms with van der Waals surface area (Å²) in [4.78, 5) is 30.9. The van der Waals surface area contributed by atoms with Gasteiger partial charge in [0.2, 0.25) is 0 Å². The zero-order chi connectivity index (χ0) is 19.1. The average Bonchev–Trinajstić information content (AvgIpc) is 3.14. The fraction of sp³-hybridized carbons (Fsp3) is 0.389. The molecule has 2 N–H and O–H groups in total. The molecule has 0 unspecified atom stereocenters. The standard InChI is InChI=1S/C18H21ClN4O3S/c19-14-4-1-3-13(11-14)16(24)22-18-21-15(12-27-18)17(25)20-5-2-6-23-7-9-26-10-8-23/h1,3-4,11-12H,2,5-10H2,(H,20,25)(H,21,22,24). The summed E-state index contributed by atoms with van der Waals surface area (Å²) in [7, 11) is 0. The molecule has 27 heavy (non-hydrogen) atoms. The van der Waals surface area contributed by atoms with Gasteiger partial charge in [-0.2, -0.15) is 0 Å². The van der Waals surface area contributed by atoms with Crippen molar-refractivity contribution < 1.29 is 14.3 Å². The van der Waals surface area contributed by atoms with Crippen LogP contribution in [0.4, 0.5) is 5.13 Å². The Labute approximate surface area is 166 Å². The van der Waals surface area contributed by atoms with E-state index < -0.39 is 0 Å². The van der Waals surface area contributed by atoms with Gasteiger partial charge in [0.05, 0.1) is 13.2 Å². The molecule has 1 fully saturated rings. The lowest BCUT2D eigenvalue weighted by molar-refractivity contribution is 0.0374. The van der Waals surface area contributed by atoms with Crippen molar-refractivity contribution in [2.75, 3.05) is 44.7 Å². The number of thiazole rings is 1. The van der Waals surface area contributed by atoms with Crippen LogP contribution < -0.4 is 10.6 Å². The molecule has 144 valence electrons. The quantitative estimate of drug-likeness (QED) is 0.688. The Kier molecular flexibility index (Phi) is 7.17. The van der Waals surface area contributed by atoms with Crippen LogP contribution >= 0.6 is 22.9 Å². The summed E-state index contributed by atoms with van der Waals surface area (Å²) >= 11 is 7.10. The molecular weight excluding hydrogens is 388 g/mol. The number of nitrogens with zero attached hydrogens (tertiary/aromatic N) is 2. The van der Waals surface area contributed by atoms with Crippen molar-refractivity contribution in [3.05, 3.63) is 45.9 Å². The molecule has 1 aromatic carbocycles. The van der Waals surface area contributed by atoms with E-state index in [-0.39, 0.29) is 11.8 Å². The van der Waals surface area contributed by atoms with Crippen LogP contribution in [0.25, 0.3) is 0 Å². The minimum Gasteiger partial charge on any atom is -0.379 e. The van der Waals surface area contributed by atoms with Gasteiger partial charge in [-0.15, -0.1) is 11.3 Å². The molecule has 9 heteroatoms. The van der Waals surface area contributed by atoms with E-state index in [0.717, 1.165) is 39.3 Å². The van der Waals surface area contributed by atoms with Gasteiger partial charge < -0.3 is 10.1 Å². The van der Waals surface area contributed by atoms with Crippen molar-refractivity contribution in [1.82, 2.24) is 15.2 Å². The number of rotatable bonds is 7. The van der Waals surface area contributed by atoms with E-state index in [0.29, 0.717) is 28.0 Å². The lowest BCUT2D eigenvalue weighted by atomic mass is 10.2. The number of benzene rings is 1. The Morgan fingerprint density at radius 3 is 2.85 bits per heavy atom. The number of hydrogen-bond acceptors (Lipinski definition) is 6. The summed E-state index contributed by atoms with van der Waals surface area (Å²) in [5.74, 6) is -0.555. The first-order valence-corrected chi connectivity index (χ1v) is 9.98. The van der Waals surface area contributed by atoms with E-state index in [2.05, 4.69) is 20.5 Å². The Bertz CT molecular complexity index is 792. The summed E-state index contributed by atoms with van der Waals surface area (Å²) < 4.78 is 5.31. The third-order valence-electron chi connectivity index (χ3n) is 4.08. The van der Waals surface area contributed by atoms with E-state index in [1.807, 2.05) is 0 Å². The third-order valence-corrected chi connectivity index (χ3v) is 5.08. The smallest absolute Gasteiger partial charge is 0.270 e. The van der Waals surface area contributed by atoms with Crippen molar-refractivity contribution in [3.63, 3.8) is 0 Å². The number of amides is 2. The molecule has 2 amide bonds. The lowest BCUT2D eigenvalue weighted by Gasteiger charge is -2.26. The zero-order valence-electron chi connectivity index (χ0n) is 14.7. The fourth-order valence-corrected chi connectivity index (χ4v) is 3.53. The molecule has 0 saturated carbocycles. The van der Waals surface area contributed by atoms with Crippen LogP contribution in [-0.4, -0.2) is 61.1 Å². The number of carbonyl (C=O) groups is 2. The molecule has 0 atom stereocenters. The molecule has 0 spiro atoms. The van der Waals surface area contributed by atoms with Crippen LogP contribution in [0, 0.1) is 0 Å². The Balaban J connectivity index is 1.43. The predicted octanol–water partition coefficient (Wildman–Crippen LogP) is 2.50. The lowest BCUT2D eigenvalue weighted by Crippen LogP contribution is -2.38. The molecular formula is C18H21ClN4O3S. The van der Waals surface area contributed by atoms with Gasteiger partial charge >= 0.3 is 0 Å². The minimum absolute atomic E-state index is 0.239. The van der Waals surface area contributed by atoms with Crippen molar-refractivity contribution in [1.29, 1.82) is 0 Å². The van der Waals surface area contributed by atoms with Crippen molar-refractivity contribution >= 4 is 39.9 Å². The maximum absolute atomic E-state index is 12.2. The molecule has 1 aliphatic rings. The van der Waals surface area contributed by atoms with Crippen LogP contribution in [0.1, 0.15) is 27.3 Å². The largest absolute Gasteiger partial charge is 0.379 e. The number of nitrogens with one attached hydrogen (secondary N) is 2. The molecule has 0 radical (unpaired) electrons. The van der Waals surface area contributed by atoms with Crippen LogP contribution in [-0.2, 0) is 4.74 Å². The third kappa shape index (κ3) is 6.00. The number of ether oxygens (including phenoxy) is 1. The molecule has 0 bridgehead atoms. The SMILES string of the molecule is O=C(Nc1nc(C(=O)NCCCN2CCOCC2)cs1)c1cccc(Cl)c1. The highest BCUT2D eigenvalue weighted by atomic mass is 35.5. The van der Waals surface area contributed by atoms with Crippen LogP contribution in [0.15, 0.2) is 29.6 Å². The van der Waals surface area contributed by atoms with Gasteiger partial charge in [-0.05, 0) is 31.2 Å². The number of morpholine rings is 1. The topological polar surface area (TPSA) is 83.6 Å². The summed E-state index contributed by atoms with van der Waals surface area (Å²) in [6.07, 6.45) is 0.869. The summed E-state index contributed by atoms with van der Waals surface area (Å²) in [5.41, 5.74) is 0.736. The summed E-state index contributed by atoms with van der Waals surface area (Å²) in [6.45, 7) is 4.94. The van der Waals surface area contributed by atoms with Crippen LogP contribution in [0.2, 0.25) is 5.02 Å². The molecule has 7 nitrogen and oxygen atoms in total. The van der Waals surface area contributed by atoms with E-state index in [1.165, 1.54) is 11.3 Å². The number of halogens is 1. The van der Waals surface area contributed by atoms with Crippen molar-refractivity contribution in [2.24, 2.45) is 0 Å². The van der Waals surface area contributed by atoms with E-state index in [1.54, 1.807) is 29.6 Å². The van der Waals surface area contributed by atoms with Crippen LogP contribution in [0.5, 0.6) is 0 Å². The molecule has 1 saturated heterocycles. The van der Waals surface area contributed by atoms with E-state index in [9.17, 15) is 9.59 Å². The Morgan fingerprint density at radius 1 is 1.26 bits per heavy atom. The second kappa shape index (κ2) is 9.80. The van der Waals surface area contributed by atoms with Gasteiger partial charge in [0.25, 0.3) is 11.8 Å². The second-order valence-corrected chi connectivity index (χ2v) is 7.36. The summed E-state index contributed by atoms with van der Waals surface area (Å²) in [5, 5.41) is 8.03. The van der Waals surface area contributed by atoms with Gasteiger partial charge in [0.1, 0.15) is 5.69 Å². The Hall–Kier alpha value is -2.00. The monoisotopic (exact) mass is 408 g/mol. The van der Waals surface area contributed by atoms with Gasteiger partial charge in [-0.25, -0.2) is 4.98 Å². The second-order valence-electron chi connectivity index (χ2n) is 6.07. The summed E-state index contributed by atoms with van der Waals surface area (Å²) in [6, 6.07) is 6.64. The maximum Gasteiger partial charge on any atom is 0.270 e. The van der Waals surface area contributed by atoms with Gasteiger partial charge in [-0.3, -0.25) is 19.8 Å². The van der Waals surface area contributed by atoms with Gasteiger partial charge in [0.15, 0.2) is 5.13 Å². The average molecular weight is 409 g/mol. The minimum atomic E-state index is -0.315. The van der Waals surface area contributed by atoms with Gasteiger partial charge in [0, 0.05) is 35.6 Å². The molecule has 1 aromatic heterocycles. The highest BCUT2D eigenvalue weighted by molar-refractivity contribution is 7.14. The molecule has 2 aromatic rings. The normalized spacial score (nSPS) is 14.7. The number of hydrogen-bond donors (Lipinski definition) is 2. The number of aromatic nitrogens is 1. The zero-order valence-corrected chi connectivity index (χ0v) is 16.3. The van der Waals surface area contributed by atoms with Gasteiger partial charge in [-0.1, -0.05) is 17.7 Å². The number of anilines is 1. The maximum atomic E-state index is 12.2. The highest BCUT2D eigenvalue weighted by Gasteiger charge is 2.14. The van der Waals surface area contributed by atoms with Crippen LogP contribution in [0.3, 0.4) is 0 Å². The Morgan fingerprint density at radius 2 is 2.07 bits per heavy atom.